The highest BCUT2D eigenvalue weighted by atomic mass is 32.1. The minimum Gasteiger partial charge on any atom is -0.456 e. The Morgan fingerprint density at radius 3 is 2.42 bits per heavy atom. The molecular weight excluding hydrogens is 458 g/mol. The molecule has 33 heavy (non-hydrogen) atoms. The number of thiocarbonyl (C=S) groups is 1. The summed E-state index contributed by atoms with van der Waals surface area (Å²) in [6, 6.07) is 2.20. The van der Waals surface area contributed by atoms with Crippen molar-refractivity contribution in [3.8, 4) is 0 Å². The number of cyclic esters (lactones) is 1. The molecule has 180 valence electrons. The first-order valence-electron chi connectivity index (χ1n) is 10.6. The molecule has 2 fully saturated rings. The van der Waals surface area contributed by atoms with Crippen LogP contribution in [0, 0.1) is 11.6 Å². The van der Waals surface area contributed by atoms with E-state index in [1.165, 1.54) is 21.6 Å². The van der Waals surface area contributed by atoms with Crippen molar-refractivity contribution in [2.45, 2.75) is 26.4 Å². The quantitative estimate of drug-likeness (QED) is 0.463. The van der Waals surface area contributed by atoms with Gasteiger partial charge in [-0.3, -0.25) is 14.5 Å². The van der Waals surface area contributed by atoms with Crippen molar-refractivity contribution in [3.05, 3.63) is 23.8 Å². The fraction of sp³-hybridized carbons (Fsp3) is 0.524. The Balaban J connectivity index is 1.63. The second kappa shape index (κ2) is 10.7. The molecule has 2 heterocycles. The summed E-state index contributed by atoms with van der Waals surface area (Å²) in [5.41, 5.74) is -0.153. The van der Waals surface area contributed by atoms with E-state index in [2.05, 4.69) is 5.32 Å². The van der Waals surface area contributed by atoms with E-state index in [1.807, 2.05) is 6.92 Å². The molecule has 1 N–H and O–H groups in total. The largest absolute Gasteiger partial charge is 0.456 e. The highest BCUT2D eigenvalue weighted by Gasteiger charge is 2.34. The number of piperazine rings is 1. The highest BCUT2D eigenvalue weighted by Crippen LogP contribution is 2.31. The number of carbonyl (C=O) groups is 3. The average Bonchev–Trinajstić information content (AvgIpc) is 3.16. The molecule has 1 aromatic carbocycles. The zero-order valence-corrected chi connectivity index (χ0v) is 19.3. The van der Waals surface area contributed by atoms with Gasteiger partial charge in [0.05, 0.1) is 23.8 Å². The zero-order valence-electron chi connectivity index (χ0n) is 18.4. The van der Waals surface area contributed by atoms with Crippen LogP contribution in [0.5, 0.6) is 0 Å². The number of hydrogen-bond acceptors (Lipinski definition) is 7. The number of esters is 1. The van der Waals surface area contributed by atoms with Gasteiger partial charge in [-0.25, -0.2) is 13.6 Å². The van der Waals surface area contributed by atoms with Gasteiger partial charge in [0.15, 0.2) is 18.2 Å². The molecule has 0 spiro atoms. The van der Waals surface area contributed by atoms with Gasteiger partial charge in [-0.05, 0) is 6.42 Å². The van der Waals surface area contributed by atoms with Crippen LogP contribution in [0.2, 0.25) is 0 Å². The highest BCUT2D eigenvalue weighted by molar-refractivity contribution is 7.80. The van der Waals surface area contributed by atoms with Crippen LogP contribution in [0.25, 0.3) is 0 Å². The Morgan fingerprint density at radius 2 is 1.85 bits per heavy atom. The number of rotatable bonds is 7. The van der Waals surface area contributed by atoms with Gasteiger partial charge in [-0.2, -0.15) is 0 Å². The summed E-state index contributed by atoms with van der Waals surface area (Å²) in [5.74, 6) is -2.55. The van der Waals surface area contributed by atoms with E-state index in [0.717, 1.165) is 12.1 Å². The van der Waals surface area contributed by atoms with Gasteiger partial charge in [-0.1, -0.05) is 19.1 Å². The molecule has 0 bridgehead atoms. The van der Waals surface area contributed by atoms with Gasteiger partial charge < -0.3 is 24.6 Å². The number of halogens is 2. The van der Waals surface area contributed by atoms with Crippen molar-refractivity contribution in [1.29, 1.82) is 0 Å². The summed E-state index contributed by atoms with van der Waals surface area (Å²) in [5, 5.41) is 2.99. The molecule has 0 saturated carbocycles. The van der Waals surface area contributed by atoms with E-state index in [9.17, 15) is 23.2 Å². The number of nitrogens with one attached hydrogen (secondary N) is 1. The second-order valence-corrected chi connectivity index (χ2v) is 8.17. The minimum atomic E-state index is -0.814. The number of ether oxygens (including phenoxy) is 2. The number of anilines is 2. The Labute approximate surface area is 195 Å². The molecule has 2 saturated heterocycles. The summed E-state index contributed by atoms with van der Waals surface area (Å²) in [7, 11) is 0. The van der Waals surface area contributed by atoms with E-state index < -0.39 is 29.8 Å². The van der Waals surface area contributed by atoms with E-state index in [-0.39, 0.29) is 56.6 Å². The number of hydrogen-bond donors (Lipinski definition) is 1. The van der Waals surface area contributed by atoms with Crippen LogP contribution in [-0.2, 0) is 19.1 Å². The van der Waals surface area contributed by atoms with Crippen LogP contribution in [-0.4, -0.2) is 79.8 Å². The van der Waals surface area contributed by atoms with Crippen LogP contribution < -0.4 is 15.1 Å². The van der Waals surface area contributed by atoms with E-state index in [4.69, 9.17) is 21.7 Å². The van der Waals surface area contributed by atoms with Gasteiger partial charge in [0.2, 0.25) is 0 Å². The molecule has 0 aromatic heterocycles. The fourth-order valence-electron chi connectivity index (χ4n) is 3.64. The van der Waals surface area contributed by atoms with Crippen molar-refractivity contribution < 1.29 is 32.6 Å². The SMILES string of the molecule is CCC(=S)NC[C@H]1CN(c2cc(F)c(N3CCN(C(=O)COC(C)=O)CC3)c(F)c2)C(=O)O1. The third-order valence-corrected chi connectivity index (χ3v) is 5.82. The van der Waals surface area contributed by atoms with Crippen molar-refractivity contribution in [2.24, 2.45) is 0 Å². The first kappa shape index (κ1) is 24.6. The van der Waals surface area contributed by atoms with Crippen LogP contribution >= 0.6 is 12.2 Å². The predicted octanol–water partition coefficient (Wildman–Crippen LogP) is 1.83. The number of amides is 2. The summed E-state index contributed by atoms with van der Waals surface area (Å²) < 4.78 is 39.8. The molecule has 3 rings (SSSR count). The number of benzene rings is 1. The predicted molar refractivity (Wildman–Crippen MR) is 120 cm³/mol. The van der Waals surface area contributed by atoms with Gasteiger partial charge >= 0.3 is 12.1 Å². The van der Waals surface area contributed by atoms with Crippen molar-refractivity contribution in [1.82, 2.24) is 10.2 Å². The van der Waals surface area contributed by atoms with E-state index in [0.29, 0.717) is 18.0 Å². The van der Waals surface area contributed by atoms with Crippen molar-refractivity contribution in [3.63, 3.8) is 0 Å². The molecule has 1 atom stereocenters. The maximum atomic E-state index is 14.9. The lowest BCUT2D eigenvalue weighted by atomic mass is 10.2. The lowest BCUT2D eigenvalue weighted by molar-refractivity contribution is -0.150. The summed E-state index contributed by atoms with van der Waals surface area (Å²) in [4.78, 5) is 39.9. The van der Waals surface area contributed by atoms with Gasteiger partial charge in [0.25, 0.3) is 5.91 Å². The first-order valence-corrected chi connectivity index (χ1v) is 11.0. The topological polar surface area (TPSA) is 91.4 Å². The van der Waals surface area contributed by atoms with Crippen LogP contribution in [0.15, 0.2) is 12.1 Å². The molecule has 2 aliphatic heterocycles. The monoisotopic (exact) mass is 484 g/mol. The Kier molecular flexibility index (Phi) is 8.01. The average molecular weight is 485 g/mol. The van der Waals surface area contributed by atoms with Gasteiger partial charge in [0.1, 0.15) is 11.8 Å². The molecule has 9 nitrogen and oxygen atoms in total. The standard InChI is InChI=1S/C21H26F2N4O5S/c1-3-18(33)24-10-15-11-27(21(30)32-15)14-8-16(22)20(17(23)9-14)26-6-4-25(5-7-26)19(29)12-31-13(2)28/h8-9,15H,3-7,10-12H2,1-2H3,(H,24,33)/t15-/m0/s1. The van der Waals surface area contributed by atoms with E-state index in [1.54, 1.807) is 0 Å². The molecule has 0 unspecified atom stereocenters. The maximum absolute atomic E-state index is 14.9. The summed E-state index contributed by atoms with van der Waals surface area (Å²) in [6.07, 6.45) is -0.521. The lowest BCUT2D eigenvalue weighted by Gasteiger charge is -2.36. The zero-order chi connectivity index (χ0) is 24.1. The molecule has 1 aromatic rings. The summed E-state index contributed by atoms with van der Waals surface area (Å²) >= 11 is 5.09. The molecule has 0 radical (unpaired) electrons. The minimum absolute atomic E-state index is 0.0644. The van der Waals surface area contributed by atoms with Gasteiger partial charge in [0, 0.05) is 45.2 Å². The van der Waals surface area contributed by atoms with Crippen molar-refractivity contribution in [2.75, 3.05) is 55.7 Å². The first-order chi connectivity index (χ1) is 15.7. The van der Waals surface area contributed by atoms with Crippen molar-refractivity contribution >= 4 is 46.6 Å². The Morgan fingerprint density at radius 1 is 1.21 bits per heavy atom. The van der Waals surface area contributed by atoms with E-state index >= 15 is 0 Å². The third-order valence-electron chi connectivity index (χ3n) is 5.38. The number of nitrogens with zero attached hydrogens (tertiary/aromatic N) is 3. The molecule has 2 aliphatic rings. The number of carbonyl (C=O) groups excluding carboxylic acids is 3. The third kappa shape index (κ3) is 6.06. The van der Waals surface area contributed by atoms with Crippen LogP contribution in [0.1, 0.15) is 20.3 Å². The molecule has 12 heteroatoms. The van der Waals surface area contributed by atoms with Crippen LogP contribution in [0.4, 0.5) is 25.0 Å². The molecule has 0 aliphatic carbocycles. The summed E-state index contributed by atoms with van der Waals surface area (Å²) in [6.45, 7) is 4.07. The fourth-order valence-corrected chi connectivity index (χ4v) is 3.72. The smallest absolute Gasteiger partial charge is 0.414 e. The lowest BCUT2D eigenvalue weighted by Crippen LogP contribution is -2.50. The Hall–Kier alpha value is -3.02. The second-order valence-electron chi connectivity index (χ2n) is 7.68. The molecular formula is C21H26F2N4O5S. The Bertz CT molecular complexity index is 916. The van der Waals surface area contributed by atoms with Gasteiger partial charge in [-0.15, -0.1) is 0 Å². The van der Waals surface area contributed by atoms with Crippen LogP contribution in [0.3, 0.4) is 0 Å². The maximum Gasteiger partial charge on any atom is 0.414 e. The molecule has 2 amide bonds. The normalized spacial score (nSPS) is 18.2.